The lowest BCUT2D eigenvalue weighted by atomic mass is 9.98. The largest absolute Gasteiger partial charge is 0.494 e. The van der Waals surface area contributed by atoms with Crippen LogP contribution in [0.25, 0.3) is 33.6 Å². The average Bonchev–Trinajstić information content (AvgIpc) is 3.44. The number of rotatable bonds is 8. The second kappa shape index (κ2) is 11.2. The zero-order chi connectivity index (χ0) is 32.7. The quantitative estimate of drug-likeness (QED) is 0.243. The average molecular weight is 662 g/mol. The summed E-state index contributed by atoms with van der Waals surface area (Å²) >= 11 is 6.26. The van der Waals surface area contributed by atoms with E-state index in [0.29, 0.717) is 47.0 Å². The van der Waals surface area contributed by atoms with E-state index in [1.807, 2.05) is 35.4 Å². The molecule has 48 heavy (non-hydrogen) atoms. The molecule has 1 aromatic carbocycles. The van der Waals surface area contributed by atoms with Crippen LogP contribution in [0.1, 0.15) is 41.7 Å². The van der Waals surface area contributed by atoms with Gasteiger partial charge in [0, 0.05) is 74.1 Å². The molecule has 2 bridgehead atoms. The molecule has 1 amide bonds. The normalized spacial score (nSPS) is 22.1. The summed E-state index contributed by atoms with van der Waals surface area (Å²) in [6.07, 6.45) is 7.82. The van der Waals surface area contributed by atoms with E-state index in [1.165, 1.54) is 19.0 Å². The molecule has 9 rings (SSSR count). The van der Waals surface area contributed by atoms with E-state index >= 15 is 0 Å². The second-order valence-electron chi connectivity index (χ2n) is 13.9. The van der Waals surface area contributed by atoms with E-state index in [2.05, 4.69) is 37.2 Å². The molecule has 0 unspecified atom stereocenters. The molecule has 0 radical (unpaired) electrons. The number of amides is 1. The van der Waals surface area contributed by atoms with E-state index < -0.39 is 0 Å². The van der Waals surface area contributed by atoms with E-state index in [0.717, 1.165) is 71.7 Å². The van der Waals surface area contributed by atoms with E-state index in [1.54, 1.807) is 7.11 Å². The first-order valence-corrected chi connectivity index (χ1v) is 17.2. The fourth-order valence-corrected chi connectivity index (χ4v) is 8.39. The van der Waals surface area contributed by atoms with Gasteiger partial charge in [0.25, 0.3) is 5.91 Å². The van der Waals surface area contributed by atoms with E-state index in [9.17, 15) is 10.1 Å². The standard InChI is InChI=1S/C36H36ClN9O2/c1-48-31-11-24(36(47)45-19-23-6-7-28(45)32(23)39)9-26-33(31)46(18-21-15-43(16-21)29-12-25(37)14-41-27(29)13-38)35(42-26)30-10-22-3-2-8-40-34(22)44(30)17-20-4-5-20/h2-3,8-12,14,20-21,23,28,32H,4-7,15-19,39H2,1H3/t23-,28-,32-/m1/s1. The summed E-state index contributed by atoms with van der Waals surface area (Å²) in [5.74, 6) is 2.69. The molecule has 2 aliphatic carbocycles. The number of hydrogen-bond acceptors (Lipinski definition) is 8. The Balaban J connectivity index is 1.14. The fraction of sp³-hybridized carbons (Fsp3) is 0.417. The number of nitriles is 1. The predicted molar refractivity (Wildman–Crippen MR) is 183 cm³/mol. The molecule has 2 aliphatic heterocycles. The molecule has 4 fully saturated rings. The maximum atomic E-state index is 14.0. The van der Waals surface area contributed by atoms with Gasteiger partial charge in [-0.1, -0.05) is 11.6 Å². The summed E-state index contributed by atoms with van der Waals surface area (Å²) < 4.78 is 10.6. The van der Waals surface area contributed by atoms with Gasteiger partial charge in [0.15, 0.2) is 11.5 Å². The number of anilines is 1. The van der Waals surface area contributed by atoms with Crippen LogP contribution in [0.4, 0.5) is 5.69 Å². The molecule has 4 aromatic heterocycles. The van der Waals surface area contributed by atoms with Gasteiger partial charge >= 0.3 is 0 Å². The van der Waals surface area contributed by atoms with Gasteiger partial charge in [-0.15, -0.1) is 0 Å². The zero-order valence-corrected chi connectivity index (χ0v) is 27.5. The van der Waals surface area contributed by atoms with E-state index in [-0.39, 0.29) is 23.9 Å². The number of carbonyl (C=O) groups is 1. The highest BCUT2D eigenvalue weighted by molar-refractivity contribution is 6.30. The minimum absolute atomic E-state index is 0.0148. The van der Waals surface area contributed by atoms with Crippen LogP contribution in [0.2, 0.25) is 5.02 Å². The molecule has 2 saturated carbocycles. The van der Waals surface area contributed by atoms with Crippen LogP contribution < -0.4 is 15.4 Å². The predicted octanol–water partition coefficient (Wildman–Crippen LogP) is 5.09. The molecular formula is C36H36ClN9O2. The van der Waals surface area contributed by atoms with Crippen LogP contribution in [-0.2, 0) is 13.1 Å². The molecule has 6 heterocycles. The molecule has 244 valence electrons. The van der Waals surface area contributed by atoms with Gasteiger partial charge < -0.3 is 29.4 Å². The first-order chi connectivity index (χ1) is 23.4. The van der Waals surface area contributed by atoms with Gasteiger partial charge in [0.1, 0.15) is 23.0 Å². The maximum Gasteiger partial charge on any atom is 0.254 e. The van der Waals surface area contributed by atoms with Crippen molar-refractivity contribution in [2.45, 2.75) is 50.9 Å². The van der Waals surface area contributed by atoms with Gasteiger partial charge in [-0.05, 0) is 73.9 Å². The van der Waals surface area contributed by atoms with Gasteiger partial charge in [-0.2, -0.15) is 5.26 Å². The van der Waals surface area contributed by atoms with Crippen molar-refractivity contribution in [3.63, 3.8) is 0 Å². The summed E-state index contributed by atoms with van der Waals surface area (Å²) in [5.41, 5.74) is 11.7. The van der Waals surface area contributed by atoms with Crippen LogP contribution in [-0.4, -0.2) is 73.7 Å². The van der Waals surface area contributed by atoms with Crippen LogP contribution in [0, 0.1) is 29.1 Å². The molecule has 5 aromatic rings. The van der Waals surface area contributed by atoms with Crippen LogP contribution in [0.3, 0.4) is 0 Å². The Morgan fingerprint density at radius 3 is 2.62 bits per heavy atom. The minimum atomic E-state index is -0.0148. The van der Waals surface area contributed by atoms with Gasteiger partial charge in [0.05, 0.1) is 29.0 Å². The first-order valence-electron chi connectivity index (χ1n) is 16.8. The Kier molecular flexibility index (Phi) is 6.88. The van der Waals surface area contributed by atoms with Crippen molar-refractivity contribution < 1.29 is 9.53 Å². The highest BCUT2D eigenvalue weighted by atomic mass is 35.5. The Hall–Kier alpha value is -4.66. The van der Waals surface area contributed by atoms with Gasteiger partial charge in [-0.3, -0.25) is 4.79 Å². The SMILES string of the molecule is COc1cc(C(=O)N2C[C@H]3CC[C@@H]2[C@@H]3N)cc2nc(-c3cc4cccnc4n3CC3CC3)n(CC3CN(c4cc(Cl)cnc4C#N)C3)c12. The van der Waals surface area contributed by atoms with Crippen molar-refractivity contribution in [1.29, 1.82) is 5.26 Å². The lowest BCUT2D eigenvalue weighted by molar-refractivity contribution is 0.0700. The minimum Gasteiger partial charge on any atom is -0.494 e. The molecule has 2 N–H and O–H groups in total. The number of ether oxygens (including phenoxy) is 1. The van der Waals surface area contributed by atoms with Crippen molar-refractivity contribution in [1.82, 2.24) is 29.0 Å². The van der Waals surface area contributed by atoms with Crippen molar-refractivity contribution in [2.75, 3.05) is 31.6 Å². The smallest absolute Gasteiger partial charge is 0.254 e. The number of benzene rings is 1. The van der Waals surface area contributed by atoms with Crippen LogP contribution in [0.5, 0.6) is 5.75 Å². The van der Waals surface area contributed by atoms with Crippen molar-refractivity contribution in [2.24, 2.45) is 23.5 Å². The number of likely N-dealkylation sites (tertiary alicyclic amines) is 1. The van der Waals surface area contributed by atoms with Crippen LogP contribution >= 0.6 is 11.6 Å². The molecule has 11 nitrogen and oxygen atoms in total. The number of carbonyl (C=O) groups excluding carboxylic acids is 1. The van der Waals surface area contributed by atoms with E-state index in [4.69, 9.17) is 32.0 Å². The highest BCUT2D eigenvalue weighted by Gasteiger charge is 2.47. The monoisotopic (exact) mass is 661 g/mol. The second-order valence-corrected chi connectivity index (χ2v) is 14.4. The third-order valence-electron chi connectivity index (χ3n) is 10.9. The number of pyridine rings is 2. The highest BCUT2D eigenvalue weighted by Crippen LogP contribution is 2.41. The Morgan fingerprint density at radius 2 is 1.90 bits per heavy atom. The van der Waals surface area contributed by atoms with Crippen LogP contribution in [0.15, 0.2) is 48.8 Å². The fourth-order valence-electron chi connectivity index (χ4n) is 8.24. The molecule has 4 aliphatic rings. The Morgan fingerprint density at radius 1 is 1.06 bits per heavy atom. The number of aromatic nitrogens is 5. The topological polar surface area (TPSA) is 131 Å². The third kappa shape index (κ3) is 4.72. The molecule has 2 saturated heterocycles. The Labute approximate surface area is 282 Å². The third-order valence-corrected chi connectivity index (χ3v) is 11.1. The molecular weight excluding hydrogens is 626 g/mol. The number of methoxy groups -OCH3 is 1. The van der Waals surface area contributed by atoms with Gasteiger partial charge in [-0.25, -0.2) is 15.0 Å². The summed E-state index contributed by atoms with van der Waals surface area (Å²) in [6, 6.07) is 14.2. The maximum absolute atomic E-state index is 14.0. The Bertz CT molecular complexity index is 2140. The molecule has 3 atom stereocenters. The number of halogens is 1. The lowest BCUT2D eigenvalue weighted by Gasteiger charge is -2.41. The lowest BCUT2D eigenvalue weighted by Crippen LogP contribution is -2.49. The summed E-state index contributed by atoms with van der Waals surface area (Å²) in [7, 11) is 1.66. The van der Waals surface area contributed by atoms with Crippen molar-refractivity contribution in [3.05, 3.63) is 65.1 Å². The number of imidazole rings is 1. The number of fused-ring (bicyclic) bond motifs is 4. The van der Waals surface area contributed by atoms with Gasteiger partial charge in [0.2, 0.25) is 0 Å². The van der Waals surface area contributed by atoms with Crippen molar-refractivity contribution >= 4 is 45.3 Å². The summed E-state index contributed by atoms with van der Waals surface area (Å²) in [5, 5.41) is 11.2. The molecule has 0 spiro atoms. The number of hydrogen-bond donors (Lipinski definition) is 1. The molecule has 12 heteroatoms. The summed E-state index contributed by atoms with van der Waals surface area (Å²) in [6.45, 7) is 3.73. The number of nitrogens with zero attached hydrogens (tertiary/aromatic N) is 8. The number of nitrogens with two attached hydrogens (primary N) is 1. The van der Waals surface area contributed by atoms with Crippen molar-refractivity contribution in [3.8, 4) is 23.3 Å². The zero-order valence-electron chi connectivity index (χ0n) is 26.7. The first kappa shape index (κ1) is 29.5. The number of piperidine rings is 1. The summed E-state index contributed by atoms with van der Waals surface area (Å²) in [4.78, 5) is 32.4.